The Labute approximate surface area is 187 Å². The molecule has 0 spiro atoms. The van der Waals surface area contributed by atoms with Gasteiger partial charge in [-0.05, 0) is 69.3 Å². The molecule has 0 saturated heterocycles. The van der Waals surface area contributed by atoms with Crippen LogP contribution in [0.25, 0.3) is 16.8 Å². The van der Waals surface area contributed by atoms with Gasteiger partial charge in [-0.25, -0.2) is 9.79 Å². The van der Waals surface area contributed by atoms with Gasteiger partial charge in [-0.3, -0.25) is 0 Å². The molecule has 0 radical (unpaired) electrons. The standard InChI is InChI=1S/C24H18INO4/c1-3-10-29-22-19(25)11-15(13-21(22)28-2)12-20-24(27)30-23(26-20)18-9-8-16-6-4-5-7-17(16)14-18/h3-9,11-14H,1,10H2,2H3/b20-12-. The average Bonchev–Trinajstić information content (AvgIpc) is 3.12. The largest absolute Gasteiger partial charge is 0.493 e. The molecule has 1 heterocycles. The second kappa shape index (κ2) is 8.71. The van der Waals surface area contributed by atoms with Gasteiger partial charge < -0.3 is 14.2 Å². The smallest absolute Gasteiger partial charge is 0.363 e. The van der Waals surface area contributed by atoms with Crippen molar-refractivity contribution in [2.75, 3.05) is 13.7 Å². The summed E-state index contributed by atoms with van der Waals surface area (Å²) < 4.78 is 17.4. The Bertz CT molecular complexity index is 1210. The SMILES string of the molecule is C=CCOc1c(I)cc(/C=C2\N=C(c3ccc4ccccc4c3)OC2=O)cc1OC. The Kier molecular flexibility index (Phi) is 5.85. The fraction of sp³-hybridized carbons (Fsp3) is 0.0833. The molecule has 150 valence electrons. The van der Waals surface area contributed by atoms with Crippen molar-refractivity contribution in [2.24, 2.45) is 4.99 Å². The van der Waals surface area contributed by atoms with Crippen LogP contribution in [0.3, 0.4) is 0 Å². The first-order chi connectivity index (χ1) is 14.6. The average molecular weight is 511 g/mol. The van der Waals surface area contributed by atoms with E-state index in [1.54, 1.807) is 25.3 Å². The summed E-state index contributed by atoms with van der Waals surface area (Å²) in [5.74, 6) is 1.01. The van der Waals surface area contributed by atoms with Crippen LogP contribution in [0.4, 0.5) is 0 Å². The number of cyclic esters (lactones) is 1. The number of carbonyl (C=O) groups is 1. The van der Waals surface area contributed by atoms with Crippen LogP contribution < -0.4 is 9.47 Å². The first kappa shape index (κ1) is 20.2. The maximum Gasteiger partial charge on any atom is 0.363 e. The van der Waals surface area contributed by atoms with Gasteiger partial charge in [0.1, 0.15) is 6.61 Å². The van der Waals surface area contributed by atoms with Crippen LogP contribution in [-0.4, -0.2) is 25.6 Å². The summed E-state index contributed by atoms with van der Waals surface area (Å²) in [6.07, 6.45) is 3.35. The molecule has 0 amide bonds. The van der Waals surface area contributed by atoms with Gasteiger partial charge in [-0.15, -0.1) is 0 Å². The summed E-state index contributed by atoms with van der Waals surface area (Å²) in [4.78, 5) is 16.8. The Hall–Kier alpha value is -3.13. The number of esters is 1. The minimum atomic E-state index is -0.487. The van der Waals surface area contributed by atoms with Crippen molar-refractivity contribution < 1.29 is 19.0 Å². The summed E-state index contributed by atoms with van der Waals surface area (Å²) in [7, 11) is 1.57. The molecule has 0 fully saturated rings. The van der Waals surface area contributed by atoms with Crippen molar-refractivity contribution in [3.05, 3.63) is 87.6 Å². The number of ether oxygens (including phenoxy) is 3. The van der Waals surface area contributed by atoms with Crippen molar-refractivity contribution in [3.63, 3.8) is 0 Å². The van der Waals surface area contributed by atoms with Crippen molar-refractivity contribution in [1.29, 1.82) is 0 Å². The van der Waals surface area contributed by atoms with Gasteiger partial charge in [0.25, 0.3) is 0 Å². The van der Waals surface area contributed by atoms with Gasteiger partial charge in [0.2, 0.25) is 5.90 Å². The minimum absolute atomic E-state index is 0.232. The molecule has 0 N–H and O–H groups in total. The first-order valence-corrected chi connectivity index (χ1v) is 10.3. The van der Waals surface area contributed by atoms with E-state index < -0.39 is 5.97 Å². The van der Waals surface area contributed by atoms with E-state index in [0.29, 0.717) is 24.0 Å². The quantitative estimate of drug-likeness (QED) is 0.194. The Balaban J connectivity index is 1.68. The van der Waals surface area contributed by atoms with Crippen molar-refractivity contribution in [2.45, 2.75) is 0 Å². The fourth-order valence-corrected chi connectivity index (χ4v) is 3.90. The number of halogens is 1. The highest BCUT2D eigenvalue weighted by atomic mass is 127. The lowest BCUT2D eigenvalue weighted by atomic mass is 10.1. The maximum atomic E-state index is 12.4. The summed E-state index contributed by atoms with van der Waals surface area (Å²) in [5, 5.41) is 2.17. The summed E-state index contributed by atoms with van der Waals surface area (Å²) in [5.41, 5.74) is 1.75. The molecule has 1 aliphatic heterocycles. The van der Waals surface area contributed by atoms with Crippen LogP contribution in [0.15, 0.2) is 77.9 Å². The third kappa shape index (κ3) is 4.09. The molecule has 0 saturated carbocycles. The van der Waals surface area contributed by atoms with E-state index in [0.717, 1.165) is 25.5 Å². The van der Waals surface area contributed by atoms with E-state index in [2.05, 4.69) is 34.2 Å². The normalized spacial score (nSPS) is 14.5. The molecule has 6 heteroatoms. The molecule has 4 rings (SSSR count). The van der Waals surface area contributed by atoms with Crippen LogP contribution in [0, 0.1) is 3.57 Å². The highest BCUT2D eigenvalue weighted by Crippen LogP contribution is 2.35. The van der Waals surface area contributed by atoms with E-state index in [1.807, 2.05) is 48.5 Å². The van der Waals surface area contributed by atoms with Crippen LogP contribution in [0.5, 0.6) is 11.5 Å². The summed E-state index contributed by atoms with van der Waals surface area (Å²) in [6, 6.07) is 17.5. The van der Waals surface area contributed by atoms with Crippen LogP contribution in [0.1, 0.15) is 11.1 Å². The van der Waals surface area contributed by atoms with Gasteiger partial charge in [0.05, 0.1) is 10.7 Å². The lowest BCUT2D eigenvalue weighted by Crippen LogP contribution is -2.05. The maximum absolute atomic E-state index is 12.4. The van der Waals surface area contributed by atoms with E-state index in [-0.39, 0.29) is 5.70 Å². The monoisotopic (exact) mass is 511 g/mol. The molecule has 5 nitrogen and oxygen atoms in total. The first-order valence-electron chi connectivity index (χ1n) is 9.22. The molecule has 3 aromatic carbocycles. The molecule has 3 aromatic rings. The third-order valence-corrected chi connectivity index (χ3v) is 5.32. The van der Waals surface area contributed by atoms with E-state index in [1.165, 1.54) is 0 Å². The van der Waals surface area contributed by atoms with Gasteiger partial charge in [-0.2, -0.15) is 0 Å². The molecule has 30 heavy (non-hydrogen) atoms. The molecule has 0 aliphatic carbocycles. The van der Waals surface area contributed by atoms with Gasteiger partial charge in [-0.1, -0.05) is 43.0 Å². The zero-order chi connectivity index (χ0) is 21.1. The molecular formula is C24H18INO4. The molecule has 0 aromatic heterocycles. The lowest BCUT2D eigenvalue weighted by molar-refractivity contribution is -0.129. The van der Waals surface area contributed by atoms with E-state index in [4.69, 9.17) is 14.2 Å². The highest BCUT2D eigenvalue weighted by Gasteiger charge is 2.24. The number of fused-ring (bicyclic) bond motifs is 1. The van der Waals surface area contributed by atoms with Gasteiger partial charge in [0, 0.05) is 5.56 Å². The number of hydrogen-bond donors (Lipinski definition) is 0. The Morgan fingerprint density at radius 2 is 1.93 bits per heavy atom. The van der Waals surface area contributed by atoms with Crippen molar-refractivity contribution in [3.8, 4) is 11.5 Å². The molecule has 0 bridgehead atoms. The molecule has 0 unspecified atom stereocenters. The van der Waals surface area contributed by atoms with Crippen molar-refractivity contribution in [1.82, 2.24) is 0 Å². The van der Waals surface area contributed by atoms with Crippen LogP contribution >= 0.6 is 22.6 Å². The zero-order valence-corrected chi connectivity index (χ0v) is 18.4. The number of benzene rings is 3. The predicted octanol–water partition coefficient (Wildman–Crippen LogP) is 5.36. The summed E-state index contributed by atoms with van der Waals surface area (Å²) >= 11 is 2.17. The number of methoxy groups -OCH3 is 1. The molecular weight excluding hydrogens is 493 g/mol. The Morgan fingerprint density at radius 3 is 2.70 bits per heavy atom. The third-order valence-electron chi connectivity index (χ3n) is 4.52. The Morgan fingerprint density at radius 1 is 1.13 bits per heavy atom. The summed E-state index contributed by atoms with van der Waals surface area (Å²) in [6.45, 7) is 4.03. The number of hydrogen-bond acceptors (Lipinski definition) is 5. The number of aliphatic imine (C=N–C) groups is 1. The number of rotatable bonds is 6. The number of nitrogens with zero attached hydrogens (tertiary/aromatic N) is 1. The van der Waals surface area contributed by atoms with Gasteiger partial charge in [0.15, 0.2) is 17.2 Å². The molecule has 0 atom stereocenters. The minimum Gasteiger partial charge on any atom is -0.493 e. The van der Waals surface area contributed by atoms with E-state index in [9.17, 15) is 4.79 Å². The lowest BCUT2D eigenvalue weighted by Gasteiger charge is -2.12. The van der Waals surface area contributed by atoms with Crippen LogP contribution in [-0.2, 0) is 9.53 Å². The fourth-order valence-electron chi connectivity index (χ4n) is 3.12. The topological polar surface area (TPSA) is 57.1 Å². The highest BCUT2D eigenvalue weighted by molar-refractivity contribution is 14.1. The number of carbonyl (C=O) groups excluding carboxylic acids is 1. The van der Waals surface area contributed by atoms with Gasteiger partial charge >= 0.3 is 5.97 Å². The second-order valence-corrected chi connectivity index (χ2v) is 7.69. The zero-order valence-electron chi connectivity index (χ0n) is 16.2. The van der Waals surface area contributed by atoms with E-state index >= 15 is 0 Å². The van der Waals surface area contributed by atoms with Crippen LogP contribution in [0.2, 0.25) is 0 Å². The second-order valence-electron chi connectivity index (χ2n) is 6.53. The predicted molar refractivity (Wildman–Crippen MR) is 126 cm³/mol. The molecule has 1 aliphatic rings. The van der Waals surface area contributed by atoms with Crippen molar-refractivity contribution >= 4 is 51.3 Å².